The molecule has 1 saturated carbocycles. The number of aryl methyl sites for hydroxylation is 1. The molecule has 6 heteroatoms. The average Bonchev–Trinajstić information content (AvgIpc) is 3.39. The Kier molecular flexibility index (Phi) is 5.13. The highest BCUT2D eigenvalue weighted by atomic mass is 35.5. The number of hydrogen-bond acceptors (Lipinski definition) is 3. The Morgan fingerprint density at radius 2 is 1.77 bits per heavy atom. The minimum absolute atomic E-state index is 0.117. The van der Waals surface area contributed by atoms with Crippen molar-refractivity contribution in [3.05, 3.63) is 64.2 Å². The lowest BCUT2D eigenvalue weighted by molar-refractivity contribution is 0.0673. The highest BCUT2D eigenvalue weighted by Gasteiger charge is 2.37. The van der Waals surface area contributed by atoms with Crippen molar-refractivity contribution in [2.75, 3.05) is 6.26 Å². The van der Waals surface area contributed by atoms with Crippen LogP contribution in [0.15, 0.2) is 47.4 Å². The summed E-state index contributed by atoms with van der Waals surface area (Å²) in [5.41, 5.74) is 2.23. The third-order valence-electron chi connectivity index (χ3n) is 4.81. The van der Waals surface area contributed by atoms with Gasteiger partial charge in [0.05, 0.1) is 10.9 Å². The number of benzene rings is 2. The van der Waals surface area contributed by atoms with Gasteiger partial charge in [-0.3, -0.25) is 4.79 Å². The van der Waals surface area contributed by atoms with Gasteiger partial charge in [-0.25, -0.2) is 8.42 Å². The van der Waals surface area contributed by atoms with Gasteiger partial charge in [0, 0.05) is 22.9 Å². The Hall–Kier alpha value is -1.85. The summed E-state index contributed by atoms with van der Waals surface area (Å²) in [5.74, 6) is -0.127. The number of carbonyl (C=O) groups excluding carboxylic acids is 1. The Balaban J connectivity index is 1.99. The van der Waals surface area contributed by atoms with Crippen molar-refractivity contribution in [1.82, 2.24) is 4.90 Å². The van der Waals surface area contributed by atoms with E-state index in [0.717, 1.165) is 30.2 Å². The van der Waals surface area contributed by atoms with Gasteiger partial charge >= 0.3 is 0 Å². The van der Waals surface area contributed by atoms with Crippen molar-refractivity contribution in [3.8, 4) is 0 Å². The largest absolute Gasteiger partial charge is 0.329 e. The average molecular weight is 392 g/mol. The number of rotatable bonds is 5. The lowest BCUT2D eigenvalue weighted by atomic mass is 10.0. The lowest BCUT2D eigenvalue weighted by Gasteiger charge is -2.30. The van der Waals surface area contributed by atoms with Crippen LogP contribution in [0.3, 0.4) is 0 Å². The molecule has 0 saturated heterocycles. The first kappa shape index (κ1) is 18.9. The van der Waals surface area contributed by atoms with Gasteiger partial charge in [0.25, 0.3) is 5.91 Å². The molecule has 0 aliphatic heterocycles. The van der Waals surface area contributed by atoms with Gasteiger partial charge in [0.1, 0.15) is 0 Å². The summed E-state index contributed by atoms with van der Waals surface area (Å²) in [4.78, 5) is 15.4. The van der Waals surface area contributed by atoms with Gasteiger partial charge in [0.15, 0.2) is 9.84 Å². The number of sulfone groups is 1. The van der Waals surface area contributed by atoms with E-state index in [1.54, 1.807) is 12.1 Å². The van der Waals surface area contributed by atoms with Crippen LogP contribution in [0.2, 0.25) is 5.02 Å². The summed E-state index contributed by atoms with van der Waals surface area (Å²) in [7, 11) is -3.37. The summed E-state index contributed by atoms with van der Waals surface area (Å²) in [5, 5.41) is 0.655. The summed E-state index contributed by atoms with van der Waals surface area (Å²) in [6, 6.07) is 12.3. The smallest absolute Gasteiger partial charge is 0.254 e. The Bertz CT molecular complexity index is 934. The van der Waals surface area contributed by atoms with Crippen molar-refractivity contribution in [3.63, 3.8) is 0 Å². The van der Waals surface area contributed by atoms with Crippen LogP contribution in [0.4, 0.5) is 0 Å². The van der Waals surface area contributed by atoms with E-state index in [-0.39, 0.29) is 22.9 Å². The molecule has 4 nitrogen and oxygen atoms in total. The summed E-state index contributed by atoms with van der Waals surface area (Å²) in [6.45, 7) is 3.83. The predicted molar refractivity (Wildman–Crippen MR) is 103 cm³/mol. The third kappa shape index (κ3) is 3.94. The molecular weight excluding hydrogens is 370 g/mol. The number of nitrogens with zero attached hydrogens (tertiary/aromatic N) is 1. The number of carbonyl (C=O) groups is 1. The van der Waals surface area contributed by atoms with Crippen LogP contribution >= 0.6 is 11.6 Å². The molecule has 1 amide bonds. The van der Waals surface area contributed by atoms with E-state index in [4.69, 9.17) is 11.6 Å². The predicted octanol–water partition coefficient (Wildman–Crippen LogP) is 4.42. The van der Waals surface area contributed by atoms with Gasteiger partial charge in [-0.15, -0.1) is 0 Å². The van der Waals surface area contributed by atoms with Crippen LogP contribution in [0, 0.1) is 6.92 Å². The van der Waals surface area contributed by atoms with Crippen LogP contribution in [0.25, 0.3) is 0 Å². The molecule has 3 rings (SSSR count). The monoisotopic (exact) mass is 391 g/mol. The maximum atomic E-state index is 13.3. The molecule has 0 aromatic heterocycles. The zero-order valence-electron chi connectivity index (χ0n) is 15.1. The maximum Gasteiger partial charge on any atom is 0.254 e. The molecule has 138 valence electrons. The fourth-order valence-corrected chi connectivity index (χ4v) is 3.89. The Labute approximate surface area is 159 Å². The normalized spacial score (nSPS) is 15.5. The molecule has 1 aliphatic rings. The summed E-state index contributed by atoms with van der Waals surface area (Å²) < 4.78 is 23.8. The van der Waals surface area contributed by atoms with E-state index >= 15 is 0 Å². The van der Waals surface area contributed by atoms with Crippen LogP contribution in [-0.2, 0) is 9.84 Å². The van der Waals surface area contributed by atoms with Gasteiger partial charge < -0.3 is 4.90 Å². The zero-order chi connectivity index (χ0) is 19.1. The second kappa shape index (κ2) is 7.05. The second-order valence-corrected chi connectivity index (χ2v) is 9.37. The van der Waals surface area contributed by atoms with Crippen molar-refractivity contribution >= 4 is 27.3 Å². The number of amides is 1. The molecule has 0 spiro atoms. The van der Waals surface area contributed by atoms with Crippen LogP contribution in [0.1, 0.15) is 47.3 Å². The standard InChI is InChI=1S/C20H22ClNO3S/c1-13-4-11-18(26(3,24)25)12-19(13)20(23)22(17-9-10-17)14(2)15-5-7-16(21)8-6-15/h4-8,11-12,14,17H,9-10H2,1-3H3. The molecule has 26 heavy (non-hydrogen) atoms. The van der Waals surface area contributed by atoms with Gasteiger partial charge in [-0.1, -0.05) is 29.8 Å². The molecule has 1 aliphatic carbocycles. The van der Waals surface area contributed by atoms with E-state index in [0.29, 0.717) is 10.6 Å². The van der Waals surface area contributed by atoms with Gasteiger partial charge in [-0.2, -0.15) is 0 Å². The fourth-order valence-electron chi connectivity index (χ4n) is 3.11. The van der Waals surface area contributed by atoms with Crippen molar-refractivity contribution in [1.29, 1.82) is 0 Å². The van der Waals surface area contributed by atoms with Gasteiger partial charge in [-0.05, 0) is 62.1 Å². The van der Waals surface area contributed by atoms with Crippen LogP contribution in [-0.4, -0.2) is 31.5 Å². The van der Waals surface area contributed by atoms with Gasteiger partial charge in [0.2, 0.25) is 0 Å². The minimum atomic E-state index is -3.37. The quantitative estimate of drug-likeness (QED) is 0.758. The Morgan fingerprint density at radius 3 is 2.31 bits per heavy atom. The first-order valence-electron chi connectivity index (χ1n) is 8.57. The van der Waals surface area contributed by atoms with Crippen LogP contribution < -0.4 is 0 Å². The molecule has 0 bridgehead atoms. The molecule has 2 aromatic rings. The maximum absolute atomic E-state index is 13.3. The summed E-state index contributed by atoms with van der Waals surface area (Å²) in [6.07, 6.45) is 3.09. The molecule has 0 radical (unpaired) electrons. The Morgan fingerprint density at radius 1 is 1.15 bits per heavy atom. The molecule has 0 heterocycles. The highest BCUT2D eigenvalue weighted by Crippen LogP contribution is 2.36. The van der Waals surface area contributed by atoms with Crippen molar-refractivity contribution in [2.24, 2.45) is 0 Å². The van der Waals surface area contributed by atoms with E-state index in [2.05, 4.69) is 0 Å². The first-order valence-corrected chi connectivity index (χ1v) is 10.8. The highest BCUT2D eigenvalue weighted by molar-refractivity contribution is 7.90. The number of hydrogen-bond donors (Lipinski definition) is 0. The molecule has 2 aromatic carbocycles. The topological polar surface area (TPSA) is 54.5 Å². The lowest BCUT2D eigenvalue weighted by Crippen LogP contribution is -2.36. The van der Waals surface area contributed by atoms with Crippen LogP contribution in [0.5, 0.6) is 0 Å². The SMILES string of the molecule is Cc1ccc(S(C)(=O)=O)cc1C(=O)N(C1CC1)C(C)c1ccc(Cl)cc1. The van der Waals surface area contributed by atoms with E-state index in [1.807, 2.05) is 43.0 Å². The van der Waals surface area contributed by atoms with E-state index in [9.17, 15) is 13.2 Å². The summed E-state index contributed by atoms with van der Waals surface area (Å²) >= 11 is 5.97. The molecule has 1 unspecified atom stereocenters. The zero-order valence-corrected chi connectivity index (χ0v) is 16.6. The molecular formula is C20H22ClNO3S. The van der Waals surface area contributed by atoms with Crippen molar-refractivity contribution in [2.45, 2.75) is 43.7 Å². The van der Waals surface area contributed by atoms with Crippen molar-refractivity contribution < 1.29 is 13.2 Å². The first-order chi connectivity index (χ1) is 12.2. The van der Waals surface area contributed by atoms with E-state index < -0.39 is 9.84 Å². The minimum Gasteiger partial charge on any atom is -0.329 e. The molecule has 1 atom stereocenters. The second-order valence-electron chi connectivity index (χ2n) is 6.92. The molecule has 0 N–H and O–H groups in total. The molecule has 1 fully saturated rings. The van der Waals surface area contributed by atoms with E-state index in [1.165, 1.54) is 6.07 Å². The number of halogens is 1. The fraction of sp³-hybridized carbons (Fsp3) is 0.350. The third-order valence-corrected chi connectivity index (χ3v) is 6.17.